The third kappa shape index (κ3) is 2.93. The van der Waals surface area contributed by atoms with Gasteiger partial charge in [-0.3, -0.25) is 4.79 Å². The predicted molar refractivity (Wildman–Crippen MR) is 96.6 cm³/mol. The van der Waals surface area contributed by atoms with Crippen LogP contribution in [0.3, 0.4) is 0 Å². The van der Waals surface area contributed by atoms with Crippen molar-refractivity contribution in [3.8, 4) is 0 Å². The van der Waals surface area contributed by atoms with E-state index in [4.69, 9.17) is 0 Å². The van der Waals surface area contributed by atoms with Crippen molar-refractivity contribution in [2.45, 2.75) is 30.7 Å². The lowest BCUT2D eigenvalue weighted by molar-refractivity contribution is -0.136. The van der Waals surface area contributed by atoms with Crippen LogP contribution >= 0.6 is 0 Å². The van der Waals surface area contributed by atoms with Gasteiger partial charge in [0, 0.05) is 37.0 Å². The molecule has 0 unspecified atom stereocenters. The molecule has 2 fully saturated rings. The van der Waals surface area contributed by atoms with Crippen molar-refractivity contribution < 1.29 is 13.2 Å². The van der Waals surface area contributed by atoms with Crippen molar-refractivity contribution in [1.82, 2.24) is 9.21 Å². The smallest absolute Gasteiger partial charge is 0.243 e. The first-order valence-electron chi connectivity index (χ1n) is 8.77. The van der Waals surface area contributed by atoms with Crippen LogP contribution in [0.2, 0.25) is 0 Å². The molecule has 1 aliphatic carbocycles. The van der Waals surface area contributed by atoms with Crippen molar-refractivity contribution in [2.24, 2.45) is 5.92 Å². The number of rotatable bonds is 3. The molecule has 0 bridgehead atoms. The molecule has 0 spiro atoms. The van der Waals surface area contributed by atoms with Gasteiger partial charge in [-0.25, -0.2) is 8.42 Å². The Kier molecular flexibility index (Phi) is 4.04. The zero-order valence-corrected chi connectivity index (χ0v) is 15.1. The minimum atomic E-state index is -3.58. The number of nitrogens with zero attached hydrogens (tertiary/aromatic N) is 2. The lowest BCUT2D eigenvalue weighted by Gasteiger charge is -2.39. The van der Waals surface area contributed by atoms with E-state index in [2.05, 4.69) is 0 Å². The van der Waals surface area contributed by atoms with E-state index in [1.54, 1.807) is 12.1 Å². The summed E-state index contributed by atoms with van der Waals surface area (Å²) in [4.78, 5) is 14.5. The van der Waals surface area contributed by atoms with Crippen molar-refractivity contribution in [2.75, 3.05) is 19.6 Å². The largest absolute Gasteiger partial charge is 0.337 e. The normalized spacial score (nSPS) is 22.3. The number of benzene rings is 2. The summed E-state index contributed by atoms with van der Waals surface area (Å²) in [6, 6.07) is 12.8. The van der Waals surface area contributed by atoms with Gasteiger partial charge in [0.2, 0.25) is 15.9 Å². The molecule has 1 amide bonds. The number of hydrogen-bond acceptors (Lipinski definition) is 3. The van der Waals surface area contributed by atoms with E-state index < -0.39 is 10.0 Å². The van der Waals surface area contributed by atoms with E-state index in [0.717, 1.165) is 23.6 Å². The average molecular weight is 358 g/mol. The highest BCUT2D eigenvalue weighted by Gasteiger charge is 2.39. The second-order valence-corrected chi connectivity index (χ2v) is 8.90. The Bertz CT molecular complexity index is 916. The fraction of sp³-hybridized carbons (Fsp3) is 0.421. The van der Waals surface area contributed by atoms with Gasteiger partial charge in [0.1, 0.15) is 0 Å². The van der Waals surface area contributed by atoms with Gasteiger partial charge >= 0.3 is 0 Å². The Morgan fingerprint density at radius 1 is 1.04 bits per heavy atom. The molecule has 2 aromatic rings. The van der Waals surface area contributed by atoms with Crippen LogP contribution in [-0.4, -0.2) is 49.2 Å². The molecule has 0 aromatic heterocycles. The number of piperazine rings is 1. The standard InChI is InChI=1S/C19H22N2O3S/c1-14-13-20(11-12-21(14)19(22)16-9-10-16)25(23,24)18-8-4-6-15-5-2-3-7-17(15)18/h2-8,14,16H,9-13H2,1H3/t14-/m0/s1. The van der Waals surface area contributed by atoms with Crippen LogP contribution in [0.25, 0.3) is 10.8 Å². The molecule has 1 saturated carbocycles. The summed E-state index contributed by atoms with van der Waals surface area (Å²) in [5.74, 6) is 0.360. The summed E-state index contributed by atoms with van der Waals surface area (Å²) >= 11 is 0. The molecule has 2 aliphatic rings. The minimum Gasteiger partial charge on any atom is -0.337 e. The zero-order chi connectivity index (χ0) is 17.6. The molecule has 25 heavy (non-hydrogen) atoms. The molecule has 1 atom stereocenters. The van der Waals surface area contributed by atoms with Crippen LogP contribution in [0.15, 0.2) is 47.4 Å². The van der Waals surface area contributed by atoms with Crippen LogP contribution < -0.4 is 0 Å². The molecular formula is C19H22N2O3S. The molecule has 0 radical (unpaired) electrons. The second-order valence-electron chi connectivity index (χ2n) is 7.00. The lowest BCUT2D eigenvalue weighted by Crippen LogP contribution is -2.55. The first-order valence-corrected chi connectivity index (χ1v) is 10.2. The van der Waals surface area contributed by atoms with Crippen molar-refractivity contribution >= 4 is 26.7 Å². The first-order chi connectivity index (χ1) is 12.0. The predicted octanol–water partition coefficient (Wildman–Crippen LogP) is 2.47. The quantitative estimate of drug-likeness (QED) is 0.847. The number of carbonyl (C=O) groups is 1. The van der Waals surface area contributed by atoms with Crippen LogP contribution in [0.1, 0.15) is 19.8 Å². The maximum Gasteiger partial charge on any atom is 0.243 e. The molecule has 4 rings (SSSR count). The van der Waals surface area contributed by atoms with E-state index in [1.165, 1.54) is 4.31 Å². The average Bonchev–Trinajstić information content (AvgIpc) is 3.45. The highest BCUT2D eigenvalue weighted by atomic mass is 32.2. The third-order valence-corrected chi connectivity index (χ3v) is 7.09. The number of sulfonamides is 1. The molecule has 1 saturated heterocycles. The second kappa shape index (κ2) is 6.11. The van der Waals surface area contributed by atoms with Crippen LogP contribution in [0, 0.1) is 5.92 Å². The van der Waals surface area contributed by atoms with Gasteiger partial charge in [0.25, 0.3) is 0 Å². The summed E-state index contributed by atoms with van der Waals surface area (Å²) in [6.07, 6.45) is 1.94. The zero-order valence-electron chi connectivity index (χ0n) is 14.3. The molecule has 1 aliphatic heterocycles. The summed E-state index contributed by atoms with van der Waals surface area (Å²) in [6.45, 7) is 3.12. The number of hydrogen-bond donors (Lipinski definition) is 0. The van der Waals surface area contributed by atoms with Crippen molar-refractivity contribution in [3.05, 3.63) is 42.5 Å². The number of amides is 1. The van der Waals surface area contributed by atoms with Gasteiger partial charge in [0.15, 0.2) is 0 Å². The van der Waals surface area contributed by atoms with Gasteiger partial charge < -0.3 is 4.90 Å². The topological polar surface area (TPSA) is 57.7 Å². The molecule has 1 heterocycles. The van der Waals surface area contributed by atoms with Crippen LogP contribution in [0.5, 0.6) is 0 Å². The molecule has 0 N–H and O–H groups in total. The van der Waals surface area contributed by atoms with Gasteiger partial charge in [0.05, 0.1) is 4.90 Å². The summed E-state index contributed by atoms with van der Waals surface area (Å²) in [5, 5.41) is 1.66. The minimum absolute atomic E-state index is 0.0911. The van der Waals surface area contributed by atoms with E-state index >= 15 is 0 Å². The van der Waals surface area contributed by atoms with Crippen molar-refractivity contribution in [3.63, 3.8) is 0 Å². The number of fused-ring (bicyclic) bond motifs is 1. The highest BCUT2D eigenvalue weighted by Crippen LogP contribution is 2.33. The molecule has 6 heteroatoms. The van der Waals surface area contributed by atoms with E-state index in [-0.39, 0.29) is 17.9 Å². The fourth-order valence-corrected chi connectivity index (χ4v) is 5.32. The Balaban J connectivity index is 1.61. The molecule has 5 nitrogen and oxygen atoms in total. The molecule has 2 aromatic carbocycles. The summed E-state index contributed by atoms with van der Waals surface area (Å²) < 4.78 is 27.9. The number of carbonyl (C=O) groups excluding carboxylic acids is 1. The SMILES string of the molecule is C[C@H]1CN(S(=O)(=O)c2cccc3ccccc23)CCN1C(=O)C1CC1. The summed E-state index contributed by atoms with van der Waals surface area (Å²) in [5.41, 5.74) is 0. The van der Waals surface area contributed by atoms with E-state index in [9.17, 15) is 13.2 Å². The Hall–Kier alpha value is -1.92. The van der Waals surface area contributed by atoms with Gasteiger partial charge in [-0.2, -0.15) is 4.31 Å². The summed E-state index contributed by atoms with van der Waals surface area (Å²) in [7, 11) is -3.58. The third-order valence-electron chi connectivity index (χ3n) is 5.17. The first kappa shape index (κ1) is 16.5. The highest BCUT2D eigenvalue weighted by molar-refractivity contribution is 7.89. The van der Waals surface area contributed by atoms with Crippen molar-refractivity contribution in [1.29, 1.82) is 0 Å². The van der Waals surface area contributed by atoms with Crippen LogP contribution in [-0.2, 0) is 14.8 Å². The molecule has 132 valence electrons. The maximum absolute atomic E-state index is 13.2. The van der Waals surface area contributed by atoms with Gasteiger partial charge in [-0.1, -0.05) is 36.4 Å². The van der Waals surface area contributed by atoms with Gasteiger partial charge in [-0.15, -0.1) is 0 Å². The Morgan fingerprint density at radius 2 is 1.76 bits per heavy atom. The van der Waals surface area contributed by atoms with E-state index in [0.29, 0.717) is 24.5 Å². The lowest BCUT2D eigenvalue weighted by atomic mass is 10.1. The Morgan fingerprint density at radius 3 is 2.48 bits per heavy atom. The molecular weight excluding hydrogens is 336 g/mol. The van der Waals surface area contributed by atoms with Crippen LogP contribution in [0.4, 0.5) is 0 Å². The van der Waals surface area contributed by atoms with Gasteiger partial charge in [-0.05, 0) is 31.2 Å². The monoisotopic (exact) mass is 358 g/mol. The fourth-order valence-electron chi connectivity index (χ4n) is 3.59. The Labute approximate surface area is 148 Å². The maximum atomic E-state index is 13.2. The van der Waals surface area contributed by atoms with E-state index in [1.807, 2.05) is 42.2 Å².